The SMILES string of the molecule is CC.Cc1ccc2ncoc2n1. The van der Waals surface area contributed by atoms with E-state index in [9.17, 15) is 0 Å². The van der Waals surface area contributed by atoms with E-state index in [0.29, 0.717) is 5.71 Å². The molecule has 0 fully saturated rings. The van der Waals surface area contributed by atoms with Crippen molar-refractivity contribution in [2.24, 2.45) is 0 Å². The monoisotopic (exact) mass is 164 g/mol. The second kappa shape index (κ2) is 3.85. The van der Waals surface area contributed by atoms with Crippen LogP contribution in [0, 0.1) is 6.92 Å². The van der Waals surface area contributed by atoms with E-state index in [1.807, 2.05) is 32.9 Å². The maximum Gasteiger partial charge on any atom is 0.246 e. The quantitative estimate of drug-likeness (QED) is 0.600. The molecule has 3 nitrogen and oxygen atoms in total. The van der Waals surface area contributed by atoms with Gasteiger partial charge in [0.2, 0.25) is 5.71 Å². The summed E-state index contributed by atoms with van der Waals surface area (Å²) < 4.78 is 4.98. The van der Waals surface area contributed by atoms with Gasteiger partial charge in [-0.05, 0) is 19.1 Å². The van der Waals surface area contributed by atoms with Crippen molar-refractivity contribution in [2.75, 3.05) is 0 Å². The molecule has 0 bridgehead atoms. The van der Waals surface area contributed by atoms with Crippen LogP contribution in [-0.2, 0) is 0 Å². The molecule has 0 unspecified atom stereocenters. The van der Waals surface area contributed by atoms with Crippen LogP contribution in [0.5, 0.6) is 0 Å². The number of nitrogens with zero attached hydrogens (tertiary/aromatic N) is 2. The van der Waals surface area contributed by atoms with Crippen LogP contribution in [0.3, 0.4) is 0 Å². The second-order valence-corrected chi connectivity index (χ2v) is 2.13. The van der Waals surface area contributed by atoms with Crippen LogP contribution >= 0.6 is 0 Å². The van der Waals surface area contributed by atoms with Crippen LogP contribution < -0.4 is 0 Å². The Morgan fingerprint density at radius 1 is 1.25 bits per heavy atom. The molecule has 0 N–H and O–H groups in total. The highest BCUT2D eigenvalue weighted by molar-refractivity contribution is 5.67. The van der Waals surface area contributed by atoms with Crippen molar-refractivity contribution in [1.29, 1.82) is 0 Å². The predicted octanol–water partition coefficient (Wildman–Crippen LogP) is 2.56. The number of hydrogen-bond acceptors (Lipinski definition) is 3. The molecule has 0 atom stereocenters. The van der Waals surface area contributed by atoms with Gasteiger partial charge in [-0.2, -0.15) is 0 Å². The Kier molecular flexibility index (Phi) is 2.80. The van der Waals surface area contributed by atoms with Crippen molar-refractivity contribution >= 4 is 11.2 Å². The van der Waals surface area contributed by atoms with Gasteiger partial charge in [0.1, 0.15) is 5.52 Å². The first kappa shape index (κ1) is 8.71. The molecule has 0 aromatic carbocycles. The molecule has 0 amide bonds. The van der Waals surface area contributed by atoms with E-state index in [1.54, 1.807) is 0 Å². The fraction of sp³-hybridized carbons (Fsp3) is 0.333. The van der Waals surface area contributed by atoms with Crippen LogP contribution in [-0.4, -0.2) is 9.97 Å². The summed E-state index contributed by atoms with van der Waals surface area (Å²) in [5.74, 6) is 0. The van der Waals surface area contributed by atoms with Gasteiger partial charge in [-0.25, -0.2) is 9.97 Å². The summed E-state index contributed by atoms with van der Waals surface area (Å²) in [6, 6.07) is 3.80. The van der Waals surface area contributed by atoms with Crippen molar-refractivity contribution in [3.05, 3.63) is 24.2 Å². The molecule has 3 heteroatoms. The minimum absolute atomic E-state index is 0.611. The van der Waals surface area contributed by atoms with Crippen molar-refractivity contribution < 1.29 is 4.42 Å². The number of rotatable bonds is 0. The highest BCUT2D eigenvalue weighted by Crippen LogP contribution is 2.08. The number of hydrogen-bond donors (Lipinski definition) is 0. The lowest BCUT2D eigenvalue weighted by Gasteiger charge is -1.86. The highest BCUT2D eigenvalue weighted by Gasteiger charge is 1.96. The van der Waals surface area contributed by atoms with E-state index in [2.05, 4.69) is 9.97 Å². The smallest absolute Gasteiger partial charge is 0.246 e. The lowest BCUT2D eigenvalue weighted by atomic mass is 10.4. The molecule has 0 aliphatic carbocycles. The molecule has 2 aromatic heterocycles. The van der Waals surface area contributed by atoms with E-state index in [1.165, 1.54) is 6.39 Å². The first-order chi connectivity index (χ1) is 5.86. The van der Waals surface area contributed by atoms with Gasteiger partial charge in [0.15, 0.2) is 6.39 Å². The molecule has 0 radical (unpaired) electrons. The van der Waals surface area contributed by atoms with Gasteiger partial charge < -0.3 is 4.42 Å². The van der Waals surface area contributed by atoms with Crippen LogP contribution in [0.2, 0.25) is 0 Å². The van der Waals surface area contributed by atoms with Crippen molar-refractivity contribution in [3.63, 3.8) is 0 Å². The summed E-state index contributed by atoms with van der Waals surface area (Å²) in [7, 11) is 0. The Balaban J connectivity index is 0.000000336. The maximum atomic E-state index is 4.98. The largest absolute Gasteiger partial charge is 0.425 e. The lowest BCUT2D eigenvalue weighted by Crippen LogP contribution is -1.78. The minimum Gasteiger partial charge on any atom is -0.425 e. The van der Waals surface area contributed by atoms with E-state index in [4.69, 9.17) is 4.42 Å². The zero-order valence-corrected chi connectivity index (χ0v) is 7.53. The standard InChI is InChI=1S/C7H6N2O.C2H6/c1-5-2-3-6-7(9-5)10-4-8-6;1-2/h2-4H,1H3;1-2H3. The highest BCUT2D eigenvalue weighted by atomic mass is 16.3. The third-order valence-electron chi connectivity index (χ3n) is 1.34. The Hall–Kier alpha value is -1.38. The van der Waals surface area contributed by atoms with E-state index in [-0.39, 0.29) is 0 Å². The summed E-state index contributed by atoms with van der Waals surface area (Å²) in [5, 5.41) is 0. The number of fused-ring (bicyclic) bond motifs is 1. The Labute approximate surface area is 71.4 Å². The molecule has 0 aliphatic rings. The lowest BCUT2D eigenvalue weighted by molar-refractivity contribution is 0.590. The second-order valence-electron chi connectivity index (χ2n) is 2.13. The van der Waals surface area contributed by atoms with Gasteiger partial charge in [0.25, 0.3) is 0 Å². The van der Waals surface area contributed by atoms with Gasteiger partial charge in [-0.3, -0.25) is 0 Å². The maximum absolute atomic E-state index is 4.98. The molecular weight excluding hydrogens is 152 g/mol. The average Bonchev–Trinajstić information content (AvgIpc) is 2.54. The van der Waals surface area contributed by atoms with Gasteiger partial charge >= 0.3 is 0 Å². The number of aryl methyl sites for hydroxylation is 1. The van der Waals surface area contributed by atoms with Crippen LogP contribution in [0.15, 0.2) is 22.9 Å². The molecule has 2 rings (SSSR count). The molecule has 2 aromatic rings. The molecule has 12 heavy (non-hydrogen) atoms. The van der Waals surface area contributed by atoms with Crippen molar-refractivity contribution in [3.8, 4) is 0 Å². The molecule has 0 saturated carbocycles. The molecule has 0 aliphatic heterocycles. The Bertz CT molecular complexity index is 354. The summed E-state index contributed by atoms with van der Waals surface area (Å²) in [4.78, 5) is 8.04. The van der Waals surface area contributed by atoms with Crippen molar-refractivity contribution in [1.82, 2.24) is 9.97 Å². The third-order valence-corrected chi connectivity index (χ3v) is 1.34. The normalized spacial score (nSPS) is 9.25. The fourth-order valence-corrected chi connectivity index (χ4v) is 0.844. The Morgan fingerprint density at radius 2 is 2.00 bits per heavy atom. The zero-order valence-electron chi connectivity index (χ0n) is 7.53. The summed E-state index contributed by atoms with van der Waals surface area (Å²) in [6.07, 6.45) is 1.40. The number of pyridine rings is 1. The number of oxazole rings is 1. The van der Waals surface area contributed by atoms with Gasteiger partial charge in [0.05, 0.1) is 0 Å². The summed E-state index contributed by atoms with van der Waals surface area (Å²) in [5.41, 5.74) is 2.37. The first-order valence-corrected chi connectivity index (χ1v) is 4.03. The number of aromatic nitrogens is 2. The van der Waals surface area contributed by atoms with E-state index >= 15 is 0 Å². The average molecular weight is 164 g/mol. The van der Waals surface area contributed by atoms with Crippen LogP contribution in [0.4, 0.5) is 0 Å². The molecule has 0 saturated heterocycles. The predicted molar refractivity (Wildman–Crippen MR) is 47.9 cm³/mol. The third kappa shape index (κ3) is 1.61. The van der Waals surface area contributed by atoms with Crippen LogP contribution in [0.25, 0.3) is 11.2 Å². The summed E-state index contributed by atoms with van der Waals surface area (Å²) in [6.45, 7) is 5.92. The van der Waals surface area contributed by atoms with Crippen LogP contribution in [0.1, 0.15) is 19.5 Å². The molecule has 2 heterocycles. The summed E-state index contributed by atoms with van der Waals surface area (Å²) >= 11 is 0. The molecular formula is C9H12N2O. The first-order valence-electron chi connectivity index (χ1n) is 4.03. The zero-order chi connectivity index (χ0) is 8.97. The van der Waals surface area contributed by atoms with Gasteiger partial charge in [-0.15, -0.1) is 0 Å². The van der Waals surface area contributed by atoms with Gasteiger partial charge in [0, 0.05) is 5.69 Å². The molecule has 64 valence electrons. The topological polar surface area (TPSA) is 38.9 Å². The van der Waals surface area contributed by atoms with E-state index in [0.717, 1.165) is 11.2 Å². The molecule has 0 spiro atoms. The minimum atomic E-state index is 0.611. The Morgan fingerprint density at radius 3 is 2.75 bits per heavy atom. The fourth-order valence-electron chi connectivity index (χ4n) is 0.844. The van der Waals surface area contributed by atoms with Crippen molar-refractivity contribution in [2.45, 2.75) is 20.8 Å². The van der Waals surface area contributed by atoms with E-state index < -0.39 is 0 Å². The van der Waals surface area contributed by atoms with Gasteiger partial charge in [-0.1, -0.05) is 13.8 Å².